The van der Waals surface area contributed by atoms with Gasteiger partial charge in [0.2, 0.25) is 0 Å². The van der Waals surface area contributed by atoms with E-state index in [-0.39, 0.29) is 0 Å². The molecule has 5 rings (SSSR count). The molecule has 0 atom stereocenters. The Morgan fingerprint density at radius 3 is 2.81 bits per heavy atom. The summed E-state index contributed by atoms with van der Waals surface area (Å²) >= 11 is 0. The molecule has 0 spiro atoms. The maximum atomic E-state index is 4.66. The number of hydrogen-bond acceptors (Lipinski definition) is 4. The molecule has 1 aromatic carbocycles. The summed E-state index contributed by atoms with van der Waals surface area (Å²) < 4.78 is 2.24. The van der Waals surface area contributed by atoms with Crippen LogP contribution in [0.25, 0.3) is 16.7 Å². The van der Waals surface area contributed by atoms with Crippen LogP contribution in [0.15, 0.2) is 72.3 Å². The Labute approximate surface area is 158 Å². The van der Waals surface area contributed by atoms with E-state index in [1.54, 1.807) is 0 Å². The molecule has 0 aliphatic carbocycles. The smallest absolute Gasteiger partial charge is 0.177 e. The fraction of sp³-hybridized carbons (Fsp3) is 0.182. The van der Waals surface area contributed by atoms with Gasteiger partial charge in [-0.1, -0.05) is 36.4 Å². The van der Waals surface area contributed by atoms with Crippen molar-refractivity contribution in [3.63, 3.8) is 0 Å². The van der Waals surface area contributed by atoms with E-state index in [0.29, 0.717) is 0 Å². The molecule has 5 nitrogen and oxygen atoms in total. The van der Waals surface area contributed by atoms with Crippen LogP contribution in [-0.4, -0.2) is 33.0 Å². The predicted octanol–water partition coefficient (Wildman–Crippen LogP) is 3.45. The minimum Gasteiger partial charge on any atom is -0.380 e. The summed E-state index contributed by atoms with van der Waals surface area (Å²) in [6, 6.07) is 12.7. The molecule has 2 aliphatic heterocycles. The molecule has 1 N–H and O–H groups in total. The zero-order chi connectivity index (χ0) is 18.4. The van der Waals surface area contributed by atoms with Gasteiger partial charge < -0.3 is 14.8 Å². The highest BCUT2D eigenvalue weighted by atomic mass is 15.1. The summed E-state index contributed by atoms with van der Waals surface area (Å²) in [6.07, 6.45) is 8.46. The van der Waals surface area contributed by atoms with Crippen molar-refractivity contribution < 1.29 is 0 Å². The van der Waals surface area contributed by atoms with Crippen LogP contribution in [0.2, 0.25) is 0 Å². The largest absolute Gasteiger partial charge is 0.380 e. The molecule has 2 aliphatic rings. The van der Waals surface area contributed by atoms with Crippen molar-refractivity contribution in [2.24, 2.45) is 0 Å². The van der Waals surface area contributed by atoms with E-state index in [1.807, 2.05) is 19.2 Å². The van der Waals surface area contributed by atoms with Gasteiger partial charge >= 0.3 is 0 Å². The second-order valence-electron chi connectivity index (χ2n) is 7.05. The maximum absolute atomic E-state index is 4.66. The lowest BCUT2D eigenvalue weighted by Crippen LogP contribution is -2.16. The third kappa shape index (κ3) is 2.72. The Kier molecular flexibility index (Phi) is 3.60. The average molecular weight is 355 g/mol. The first-order chi connectivity index (χ1) is 13.2. The second-order valence-corrected chi connectivity index (χ2v) is 7.05. The van der Waals surface area contributed by atoms with Gasteiger partial charge in [-0.15, -0.1) is 0 Å². The van der Waals surface area contributed by atoms with Gasteiger partial charge in [0, 0.05) is 55.4 Å². The number of benzene rings is 1. The number of nitrogens with zero attached hydrogens (tertiary/aromatic N) is 4. The van der Waals surface area contributed by atoms with Crippen LogP contribution < -0.4 is 5.32 Å². The van der Waals surface area contributed by atoms with Crippen molar-refractivity contribution in [2.45, 2.75) is 13.5 Å². The first kappa shape index (κ1) is 15.9. The molecule has 0 radical (unpaired) electrons. The fourth-order valence-electron chi connectivity index (χ4n) is 3.81. The van der Waals surface area contributed by atoms with Crippen molar-refractivity contribution in [3.8, 4) is 0 Å². The van der Waals surface area contributed by atoms with Gasteiger partial charge in [0.15, 0.2) is 5.65 Å². The van der Waals surface area contributed by atoms with E-state index in [4.69, 9.17) is 0 Å². The van der Waals surface area contributed by atoms with E-state index in [0.717, 1.165) is 35.6 Å². The lowest BCUT2D eigenvalue weighted by atomic mass is 9.97. The first-order valence-electron chi connectivity index (χ1n) is 9.16. The molecule has 27 heavy (non-hydrogen) atoms. The van der Waals surface area contributed by atoms with Gasteiger partial charge in [-0.25, -0.2) is 9.97 Å². The Morgan fingerprint density at radius 2 is 1.96 bits per heavy atom. The van der Waals surface area contributed by atoms with Crippen LogP contribution in [0, 0.1) is 6.92 Å². The number of imidazole rings is 1. The van der Waals surface area contributed by atoms with Gasteiger partial charge in [0.25, 0.3) is 0 Å². The van der Waals surface area contributed by atoms with Crippen molar-refractivity contribution >= 4 is 16.7 Å². The lowest BCUT2D eigenvalue weighted by Gasteiger charge is -2.22. The highest BCUT2D eigenvalue weighted by molar-refractivity contribution is 5.88. The number of nitrogens with one attached hydrogen (secondary N) is 1. The van der Waals surface area contributed by atoms with E-state index >= 15 is 0 Å². The number of pyridine rings is 1. The summed E-state index contributed by atoms with van der Waals surface area (Å²) in [5.41, 5.74) is 7.86. The Morgan fingerprint density at radius 1 is 1.11 bits per heavy atom. The molecule has 0 saturated carbocycles. The highest BCUT2D eigenvalue weighted by Crippen LogP contribution is 2.34. The highest BCUT2D eigenvalue weighted by Gasteiger charge is 2.22. The van der Waals surface area contributed by atoms with Gasteiger partial charge in [-0.3, -0.25) is 0 Å². The molecule has 5 heteroatoms. The van der Waals surface area contributed by atoms with Crippen molar-refractivity contribution in [1.29, 1.82) is 0 Å². The monoisotopic (exact) mass is 355 g/mol. The molecule has 0 amide bonds. The predicted molar refractivity (Wildman–Crippen MR) is 108 cm³/mol. The number of fused-ring (bicyclic) bond motifs is 2. The minimum absolute atomic E-state index is 0.794. The first-order valence-corrected chi connectivity index (χ1v) is 9.16. The van der Waals surface area contributed by atoms with Gasteiger partial charge in [0.1, 0.15) is 5.82 Å². The third-order valence-corrected chi connectivity index (χ3v) is 5.14. The van der Waals surface area contributed by atoms with Crippen molar-refractivity contribution in [3.05, 3.63) is 89.3 Å². The molecule has 2 aromatic heterocycles. The zero-order valence-corrected chi connectivity index (χ0v) is 15.5. The normalized spacial score (nSPS) is 15.9. The third-order valence-electron chi connectivity index (χ3n) is 5.14. The van der Waals surface area contributed by atoms with Gasteiger partial charge in [-0.05, 0) is 18.6 Å². The average Bonchev–Trinajstić information content (AvgIpc) is 3.26. The molecular weight excluding hydrogens is 334 g/mol. The van der Waals surface area contributed by atoms with Crippen LogP contribution in [0.3, 0.4) is 0 Å². The zero-order valence-electron chi connectivity index (χ0n) is 15.5. The number of rotatable bonds is 3. The maximum Gasteiger partial charge on any atom is 0.177 e. The van der Waals surface area contributed by atoms with Gasteiger partial charge in [0.05, 0.1) is 11.2 Å². The summed E-state index contributed by atoms with van der Waals surface area (Å²) in [5, 5.41) is 3.42. The molecule has 0 fully saturated rings. The molecular formula is C22H21N5. The molecule has 3 aromatic rings. The Bertz CT molecular complexity index is 1120. The van der Waals surface area contributed by atoms with Crippen molar-refractivity contribution in [1.82, 2.24) is 24.8 Å². The number of allylic oxidation sites excluding steroid dienone is 1. The molecule has 0 bridgehead atoms. The second kappa shape index (κ2) is 6.13. The van der Waals surface area contributed by atoms with E-state index in [2.05, 4.69) is 80.6 Å². The minimum atomic E-state index is 0.794. The topological polar surface area (TPSA) is 46.0 Å². The van der Waals surface area contributed by atoms with Crippen LogP contribution >= 0.6 is 0 Å². The van der Waals surface area contributed by atoms with Crippen molar-refractivity contribution in [2.75, 3.05) is 13.6 Å². The molecule has 134 valence electrons. The lowest BCUT2D eigenvalue weighted by molar-refractivity contribution is 0.610. The van der Waals surface area contributed by atoms with E-state index in [1.165, 1.54) is 22.4 Å². The fourth-order valence-corrected chi connectivity index (χ4v) is 3.81. The van der Waals surface area contributed by atoms with E-state index < -0.39 is 0 Å². The summed E-state index contributed by atoms with van der Waals surface area (Å²) in [5.74, 6) is 0.982. The summed E-state index contributed by atoms with van der Waals surface area (Å²) in [6.45, 7) is 3.71. The molecule has 4 heterocycles. The van der Waals surface area contributed by atoms with Gasteiger partial charge in [-0.2, -0.15) is 0 Å². The quantitative estimate of drug-likeness (QED) is 0.782. The summed E-state index contributed by atoms with van der Waals surface area (Å²) in [4.78, 5) is 11.4. The van der Waals surface area contributed by atoms with Crippen LogP contribution in [0.4, 0.5) is 0 Å². The number of aromatic nitrogens is 3. The Hall–Kier alpha value is -3.34. The van der Waals surface area contributed by atoms with Crippen LogP contribution in [0.1, 0.15) is 17.0 Å². The van der Waals surface area contributed by atoms with Crippen LogP contribution in [-0.2, 0) is 6.54 Å². The SMILES string of the molecule is Cc1nc2ncc(C3=CN(C)C=C4NCC=C43)cc2n1Cc1ccccc1. The van der Waals surface area contributed by atoms with Crippen LogP contribution in [0.5, 0.6) is 0 Å². The standard InChI is InChI=1S/C22H21N5/c1-15-25-22-21(27(15)12-16-6-4-3-5-7-16)10-17(11-24-22)19-13-26(2)14-20-18(19)8-9-23-20/h3-8,10-11,13-14,23H,9,12H2,1-2H3. The molecule has 0 saturated heterocycles. The summed E-state index contributed by atoms with van der Waals surface area (Å²) in [7, 11) is 2.06. The number of aryl methyl sites for hydroxylation is 1. The Balaban J connectivity index is 1.60. The number of hydrogen-bond donors (Lipinski definition) is 1. The van der Waals surface area contributed by atoms with E-state index in [9.17, 15) is 0 Å². The molecule has 0 unspecified atom stereocenters.